The van der Waals surface area contributed by atoms with E-state index < -0.39 is 195 Å². The average molecular weight is 1120 g/mol. The zero-order valence-corrected chi connectivity index (χ0v) is 43.8. The number of hydrogen-bond acceptors (Lipinski definition) is 19. The molecule has 33 heteroatoms. The summed E-state index contributed by atoms with van der Waals surface area (Å²) in [6, 6.07) is -13.1. The van der Waals surface area contributed by atoms with Gasteiger partial charge in [-0.25, -0.2) is 0 Å². The number of carbonyl (C=O) groups excluding carboxylic acids is 14. The van der Waals surface area contributed by atoms with Gasteiger partial charge in [0.2, 0.25) is 82.7 Å². The molecule has 4 rings (SSSR count). The summed E-state index contributed by atoms with van der Waals surface area (Å²) in [6.45, 7) is -1.80. The molecule has 18 N–H and O–H groups in total. The molecule has 4 fully saturated rings. The van der Waals surface area contributed by atoms with Gasteiger partial charge in [-0.2, -0.15) is 0 Å². The van der Waals surface area contributed by atoms with Crippen LogP contribution in [0.25, 0.3) is 0 Å². The van der Waals surface area contributed by atoms with Crippen molar-refractivity contribution in [1.29, 1.82) is 0 Å². The molecule has 4 heterocycles. The molecule has 0 radical (unpaired) electrons. The molecule has 440 valence electrons. The summed E-state index contributed by atoms with van der Waals surface area (Å²) < 4.78 is 0. The van der Waals surface area contributed by atoms with Gasteiger partial charge >= 0.3 is 0 Å². The summed E-state index contributed by atoms with van der Waals surface area (Å²) >= 11 is 0. The van der Waals surface area contributed by atoms with E-state index in [4.69, 9.17) is 17.2 Å². The molecule has 0 unspecified atom stereocenters. The molecule has 0 aromatic heterocycles. The van der Waals surface area contributed by atoms with E-state index in [-0.39, 0.29) is 45.4 Å². The number of aliphatic hydroxyl groups excluding tert-OH is 4. The Morgan fingerprint density at radius 3 is 1.49 bits per heavy atom. The molecule has 79 heavy (non-hydrogen) atoms. The molecule has 33 nitrogen and oxygen atoms in total. The van der Waals surface area contributed by atoms with Crippen molar-refractivity contribution in [3.05, 3.63) is 0 Å². The first-order valence-corrected chi connectivity index (χ1v) is 25.7. The van der Waals surface area contributed by atoms with Crippen molar-refractivity contribution in [1.82, 2.24) is 62.1 Å². The van der Waals surface area contributed by atoms with Gasteiger partial charge in [-0.1, -0.05) is 0 Å². The number of rotatable bonds is 27. The molecular weight excluding hydrogens is 1050 g/mol. The molecule has 0 saturated carbocycles. The predicted molar refractivity (Wildman–Crippen MR) is 267 cm³/mol. The van der Waals surface area contributed by atoms with Crippen LogP contribution >= 0.6 is 0 Å². The lowest BCUT2D eigenvalue weighted by atomic mass is 10.1. The van der Waals surface area contributed by atoms with Crippen LogP contribution in [0.1, 0.15) is 71.6 Å². The number of amides is 14. The van der Waals surface area contributed by atoms with Crippen molar-refractivity contribution in [2.24, 2.45) is 17.2 Å². The first-order chi connectivity index (χ1) is 37.3. The van der Waals surface area contributed by atoms with Gasteiger partial charge < -0.3 is 99.8 Å². The van der Waals surface area contributed by atoms with Crippen LogP contribution in [0, 0.1) is 0 Å². The summed E-state index contributed by atoms with van der Waals surface area (Å²) in [4.78, 5) is 185. The topological polar surface area (TPSA) is 507 Å². The molecule has 11 atom stereocenters. The third-order valence-electron chi connectivity index (χ3n) is 13.7. The number of nitrogens with zero attached hydrogens (tertiary/aromatic N) is 4. The van der Waals surface area contributed by atoms with Gasteiger partial charge in [0.15, 0.2) is 0 Å². The van der Waals surface area contributed by atoms with E-state index in [0.717, 1.165) is 11.8 Å². The lowest BCUT2D eigenvalue weighted by Gasteiger charge is -2.34. The molecule has 4 aliphatic heterocycles. The maximum absolute atomic E-state index is 14.0. The van der Waals surface area contributed by atoms with Gasteiger partial charge in [-0.15, -0.1) is 0 Å². The lowest BCUT2D eigenvalue weighted by molar-refractivity contribution is -0.151. The Balaban J connectivity index is 1.22. The number of nitrogens with one attached hydrogen (secondary N) is 8. The number of primary amides is 2. The summed E-state index contributed by atoms with van der Waals surface area (Å²) in [5.74, 6) is -11.8. The lowest BCUT2D eigenvalue weighted by Crippen LogP contribution is -2.59. The first kappa shape index (κ1) is 63.9. The van der Waals surface area contributed by atoms with Crippen LogP contribution in [0.5, 0.6) is 0 Å². The molecule has 0 spiro atoms. The highest BCUT2D eigenvalue weighted by Gasteiger charge is 2.47. The number of likely N-dealkylation sites (tertiary alicyclic amines) is 4. The Morgan fingerprint density at radius 1 is 0.506 bits per heavy atom. The fraction of sp³-hybridized carbons (Fsp3) is 0.696. The van der Waals surface area contributed by atoms with Crippen LogP contribution in [0.2, 0.25) is 0 Å². The standard InChI is InChI=1S/C46H73N15O18/c1-22(44(77)60-13-5-9-30(60)46(79)61-14-6-10-31(61)45(78)59-12-4-8-29(59)42(75)54-25(19-62)37(49)70)53-34(68)17-51-39(72)26(20-63)55-40(73)27(21-64)56-41(74)28-7-3-11-58(28)35(69)18-50-33(67)16-52-43(76)36(23(2)65)57-38(71)24(47)15-32(48)66/h22-31,36,62-65H,3-21,47H2,1-2H3,(H2,48,66)(H2,49,70)(H,50,67)(H,51,72)(H,52,76)(H,53,68)(H,54,75)(H,55,73)(H,56,74)(H,57,71)/t22-,23+,24-,25-,26-,27-,28-,29-,30-,31-,36-/m0/s1. The normalized spacial score (nSPS) is 21.5. The van der Waals surface area contributed by atoms with Crippen LogP contribution in [-0.4, -0.2) is 255 Å². The Morgan fingerprint density at radius 2 is 0.962 bits per heavy atom. The first-order valence-electron chi connectivity index (χ1n) is 25.7. The Kier molecular flexibility index (Phi) is 24.2. The van der Waals surface area contributed by atoms with Crippen LogP contribution in [-0.2, 0) is 67.1 Å². The SMILES string of the molecule is C[C@H](NC(=O)CNC(=O)[C@H](CO)NC(=O)[C@H](CO)NC(=O)[C@@H]1CCCN1C(=O)CNC(=O)CNC(=O)[C@@H](NC(=O)[C@@H](N)CC(N)=O)[C@@H](C)O)C(=O)N1CCC[C@H]1C(=O)N1CCC[C@H]1C(=O)N1CCC[C@H]1C(=O)N[C@@H](CO)C(N)=O. The van der Waals surface area contributed by atoms with Gasteiger partial charge in [0.25, 0.3) is 0 Å². The summed E-state index contributed by atoms with van der Waals surface area (Å²) in [5, 5.41) is 57.4. The molecule has 4 saturated heterocycles. The zero-order chi connectivity index (χ0) is 58.8. The van der Waals surface area contributed by atoms with Crippen molar-refractivity contribution >= 4 is 82.7 Å². The van der Waals surface area contributed by atoms with Gasteiger partial charge in [0.1, 0.15) is 54.4 Å². The van der Waals surface area contributed by atoms with E-state index in [1.807, 2.05) is 0 Å². The zero-order valence-electron chi connectivity index (χ0n) is 43.8. The van der Waals surface area contributed by atoms with Crippen LogP contribution in [0.3, 0.4) is 0 Å². The minimum atomic E-state index is -1.72. The second kappa shape index (κ2) is 29.9. The monoisotopic (exact) mass is 1120 g/mol. The highest BCUT2D eigenvalue weighted by Crippen LogP contribution is 2.29. The van der Waals surface area contributed by atoms with Gasteiger partial charge in [-0.3, -0.25) is 67.1 Å². The fourth-order valence-corrected chi connectivity index (χ4v) is 9.49. The smallest absolute Gasteiger partial charge is 0.246 e. The maximum Gasteiger partial charge on any atom is 0.246 e. The van der Waals surface area contributed by atoms with Crippen LogP contribution in [0.15, 0.2) is 0 Å². The van der Waals surface area contributed by atoms with Gasteiger partial charge in [0.05, 0.1) is 58.0 Å². The largest absolute Gasteiger partial charge is 0.394 e. The van der Waals surface area contributed by atoms with Crippen molar-refractivity contribution < 1.29 is 87.5 Å². The molecule has 4 aliphatic rings. The molecule has 0 aromatic rings. The quantitative estimate of drug-likeness (QED) is 0.0363. The molecule has 0 bridgehead atoms. The molecule has 0 aromatic carbocycles. The highest BCUT2D eigenvalue weighted by atomic mass is 16.3. The van der Waals surface area contributed by atoms with E-state index in [9.17, 15) is 87.5 Å². The number of hydrogen-bond donors (Lipinski definition) is 15. The summed E-state index contributed by atoms with van der Waals surface area (Å²) in [6.07, 6.45) is 0.578. The van der Waals surface area contributed by atoms with E-state index in [1.165, 1.54) is 21.6 Å². The van der Waals surface area contributed by atoms with Crippen molar-refractivity contribution in [3.8, 4) is 0 Å². The van der Waals surface area contributed by atoms with Crippen molar-refractivity contribution in [2.45, 2.75) is 138 Å². The van der Waals surface area contributed by atoms with E-state index in [2.05, 4.69) is 42.5 Å². The van der Waals surface area contributed by atoms with E-state index >= 15 is 0 Å². The highest BCUT2D eigenvalue weighted by molar-refractivity contribution is 5.99. The molecular formula is C46H73N15O18. The molecule has 0 aliphatic carbocycles. The van der Waals surface area contributed by atoms with E-state index in [0.29, 0.717) is 32.1 Å². The third-order valence-corrected chi connectivity index (χ3v) is 13.7. The fourth-order valence-electron chi connectivity index (χ4n) is 9.49. The van der Waals surface area contributed by atoms with Crippen LogP contribution < -0.4 is 59.7 Å². The van der Waals surface area contributed by atoms with Crippen molar-refractivity contribution in [3.63, 3.8) is 0 Å². The minimum absolute atomic E-state index is 0.0452. The maximum atomic E-state index is 14.0. The molecule has 14 amide bonds. The van der Waals surface area contributed by atoms with Crippen LogP contribution in [0.4, 0.5) is 0 Å². The summed E-state index contributed by atoms with van der Waals surface area (Å²) in [7, 11) is 0. The summed E-state index contributed by atoms with van der Waals surface area (Å²) in [5.41, 5.74) is 15.8. The Bertz CT molecular complexity index is 2330. The van der Waals surface area contributed by atoms with Gasteiger partial charge in [0, 0.05) is 26.2 Å². The van der Waals surface area contributed by atoms with E-state index in [1.54, 1.807) is 0 Å². The average Bonchev–Trinajstić information content (AvgIpc) is 4.35. The number of nitrogens with two attached hydrogens (primary N) is 3. The third kappa shape index (κ3) is 17.4. The Hall–Kier alpha value is -7.62. The minimum Gasteiger partial charge on any atom is -0.394 e. The van der Waals surface area contributed by atoms with Gasteiger partial charge in [-0.05, 0) is 65.2 Å². The number of carbonyl (C=O) groups is 14. The second-order valence-corrected chi connectivity index (χ2v) is 19.5. The Labute approximate surface area is 452 Å². The number of aliphatic hydroxyl groups is 4. The van der Waals surface area contributed by atoms with Crippen molar-refractivity contribution in [2.75, 3.05) is 65.6 Å². The second-order valence-electron chi connectivity index (χ2n) is 19.5. The predicted octanol–water partition coefficient (Wildman–Crippen LogP) is -11.2.